The largest absolute Gasteiger partial charge is 0.502 e. The number of nitro groups is 2. The van der Waals surface area contributed by atoms with Gasteiger partial charge in [-0.2, -0.15) is 0 Å². The molecule has 23 heteroatoms. The molecule has 4 aliphatic rings. The minimum Gasteiger partial charge on any atom is -0.502 e. The van der Waals surface area contributed by atoms with Crippen LogP contribution in [0.2, 0.25) is 0 Å². The third-order valence-electron chi connectivity index (χ3n) is 11.4. The monoisotopic (exact) mass is 895 g/mol. The first kappa shape index (κ1) is 42.8. The Morgan fingerprint density at radius 3 is 1.84 bits per heavy atom. The van der Waals surface area contributed by atoms with Crippen molar-refractivity contribution >= 4 is 81.3 Å². The Bertz CT molecular complexity index is 2520. The number of hydrogen-bond donors (Lipinski definition) is 1. The predicted molar refractivity (Wildman–Crippen MR) is 204 cm³/mol. The summed E-state index contributed by atoms with van der Waals surface area (Å²) in [5.74, 6) is -24.8. The quantitative estimate of drug-likeness (QED) is 0.0368. The van der Waals surface area contributed by atoms with Crippen molar-refractivity contribution in [3.05, 3.63) is 96.9 Å². The maximum Gasteiger partial charge on any atom is 0.301 e. The van der Waals surface area contributed by atoms with E-state index in [1.54, 1.807) is 0 Å². The first-order chi connectivity index (χ1) is 28.6. The minimum absolute atomic E-state index is 0.0600. The highest BCUT2D eigenvalue weighted by molar-refractivity contribution is 6.58. The van der Waals surface area contributed by atoms with Crippen LogP contribution in [0.4, 0.5) is 50.4 Å². The van der Waals surface area contributed by atoms with E-state index >= 15 is 8.78 Å². The first-order valence-electron chi connectivity index (χ1n) is 17.7. The molecule has 7 rings (SSSR count). The Balaban J connectivity index is 1.41. The lowest BCUT2D eigenvalue weighted by atomic mass is 9.57. The van der Waals surface area contributed by atoms with Crippen molar-refractivity contribution in [3.8, 4) is 17.2 Å². The number of carbonyl (C=O) groups is 4. The zero-order chi connectivity index (χ0) is 44.9. The van der Waals surface area contributed by atoms with Crippen molar-refractivity contribution in [2.45, 2.75) is 22.6 Å². The number of amides is 4. The number of nitrogens with zero attached hydrogens (tertiary/aromatic N) is 5. The molecule has 0 spiro atoms. The number of allylic oxidation sites excluding steroid dienone is 3. The van der Waals surface area contributed by atoms with E-state index in [1.807, 2.05) is 0 Å². The number of methoxy groups -OCH3 is 2. The number of aromatic hydroxyl groups is 1. The van der Waals surface area contributed by atoms with Crippen molar-refractivity contribution in [2.24, 2.45) is 23.7 Å². The molecule has 320 valence electrons. The molecule has 0 aromatic heterocycles. The number of halogens is 7. The van der Waals surface area contributed by atoms with E-state index < -0.39 is 137 Å². The molecule has 0 unspecified atom stereocenters. The molecule has 3 aromatic rings. The number of ether oxygens (including phenoxy) is 2. The number of carbonyl (C=O) groups excluding carboxylic acids is 4. The number of benzene rings is 3. The Kier molecular flexibility index (Phi) is 10.3. The fourth-order valence-corrected chi connectivity index (χ4v) is 9.63. The molecule has 4 amide bonds. The summed E-state index contributed by atoms with van der Waals surface area (Å²) in [5.41, 5.74) is -4.39. The number of fused-ring (bicyclic) bond motifs is 4. The second-order valence-electron chi connectivity index (χ2n) is 14.6. The van der Waals surface area contributed by atoms with Gasteiger partial charge >= 0.3 is 11.4 Å². The van der Waals surface area contributed by atoms with Crippen LogP contribution >= 0.6 is 23.2 Å². The number of nitro benzene ring substituents is 2. The lowest BCUT2D eigenvalue weighted by Crippen LogP contribution is -2.60. The van der Waals surface area contributed by atoms with Gasteiger partial charge in [0.25, 0.3) is 11.8 Å². The van der Waals surface area contributed by atoms with Gasteiger partial charge in [-0.05, 0) is 36.5 Å². The van der Waals surface area contributed by atoms with E-state index in [4.69, 9.17) is 32.7 Å². The Hall–Kier alpha value is -6.35. The third kappa shape index (κ3) is 5.91. The number of rotatable bonds is 9. The number of phenolic OH excluding ortho intramolecular Hbond substituents is 1. The zero-order valence-electron chi connectivity index (χ0n) is 31.7. The van der Waals surface area contributed by atoms with Gasteiger partial charge < -0.3 is 19.5 Å². The van der Waals surface area contributed by atoms with Gasteiger partial charge in [-0.3, -0.25) is 39.4 Å². The Morgan fingerprint density at radius 2 is 1.34 bits per heavy atom. The number of anilines is 3. The number of phenols is 1. The Labute approximate surface area is 349 Å². The van der Waals surface area contributed by atoms with Crippen molar-refractivity contribution in [2.75, 3.05) is 43.0 Å². The second-order valence-corrected chi connectivity index (χ2v) is 15.9. The van der Waals surface area contributed by atoms with E-state index in [-0.39, 0.29) is 34.0 Å². The molecule has 1 N–H and O–H groups in total. The van der Waals surface area contributed by atoms with E-state index in [0.717, 1.165) is 17.0 Å². The van der Waals surface area contributed by atoms with Crippen molar-refractivity contribution in [1.29, 1.82) is 0 Å². The van der Waals surface area contributed by atoms with Crippen LogP contribution in [-0.2, 0) is 19.2 Å². The molecule has 1 saturated carbocycles. The predicted octanol–water partition coefficient (Wildman–Crippen LogP) is 6.30. The summed E-state index contributed by atoms with van der Waals surface area (Å²) in [6.07, 6.45) is 2.72. The van der Waals surface area contributed by atoms with E-state index in [1.165, 1.54) is 58.7 Å². The van der Waals surface area contributed by atoms with Crippen LogP contribution in [0, 0.1) is 73.0 Å². The van der Waals surface area contributed by atoms with Crippen LogP contribution < -0.4 is 24.2 Å². The van der Waals surface area contributed by atoms with Crippen molar-refractivity contribution < 1.29 is 65.6 Å². The van der Waals surface area contributed by atoms with Crippen LogP contribution in [0.1, 0.15) is 18.4 Å². The zero-order valence-corrected chi connectivity index (χ0v) is 33.2. The van der Waals surface area contributed by atoms with Gasteiger partial charge in [0.1, 0.15) is 5.69 Å². The van der Waals surface area contributed by atoms with Gasteiger partial charge in [0.2, 0.25) is 23.4 Å². The molecule has 0 bridgehead atoms. The smallest absolute Gasteiger partial charge is 0.301 e. The molecule has 3 aromatic carbocycles. The fourth-order valence-electron chi connectivity index (χ4n) is 8.74. The van der Waals surface area contributed by atoms with E-state index in [9.17, 15) is 57.7 Å². The number of alkyl halides is 2. The summed E-state index contributed by atoms with van der Waals surface area (Å²) in [4.78, 5) is 75.5. The summed E-state index contributed by atoms with van der Waals surface area (Å²) in [6, 6.07) is 4.19. The highest BCUT2D eigenvalue weighted by atomic mass is 35.5. The molecular formula is C38H28Cl2F5N5O11. The maximum atomic E-state index is 15.4. The normalized spacial score (nSPS) is 25.7. The maximum absolute atomic E-state index is 15.4. The molecule has 3 fully saturated rings. The van der Waals surface area contributed by atoms with Gasteiger partial charge in [-0.15, -0.1) is 23.2 Å². The van der Waals surface area contributed by atoms with Crippen LogP contribution in [0.15, 0.2) is 42.0 Å². The number of hydrogen-bond acceptors (Lipinski definition) is 12. The Morgan fingerprint density at radius 1 is 0.820 bits per heavy atom. The molecule has 16 nitrogen and oxygen atoms in total. The highest BCUT2D eigenvalue weighted by Gasteiger charge is 2.76. The summed E-state index contributed by atoms with van der Waals surface area (Å²) in [6.45, 7) is 0. The topological polar surface area (TPSA) is 203 Å². The van der Waals surface area contributed by atoms with E-state index in [2.05, 4.69) is 0 Å². The summed E-state index contributed by atoms with van der Waals surface area (Å²) in [5, 5.41) is 34.7. The summed E-state index contributed by atoms with van der Waals surface area (Å²) >= 11 is 14.2. The summed E-state index contributed by atoms with van der Waals surface area (Å²) < 4.78 is 84.4. The highest BCUT2D eigenvalue weighted by Crippen LogP contribution is 2.64. The lowest BCUT2D eigenvalue weighted by molar-refractivity contribution is -0.392. The molecule has 0 radical (unpaired) electrons. The van der Waals surface area contributed by atoms with Crippen LogP contribution in [0.3, 0.4) is 0 Å². The van der Waals surface area contributed by atoms with Crippen LogP contribution in [0.5, 0.6) is 17.2 Å². The molecular weight excluding hydrogens is 868 g/mol. The average Bonchev–Trinajstić information content (AvgIpc) is 3.56. The van der Waals surface area contributed by atoms with Gasteiger partial charge in [0.05, 0.1) is 41.6 Å². The molecule has 2 saturated heterocycles. The first-order valence-corrected chi connectivity index (χ1v) is 18.5. The lowest BCUT2D eigenvalue weighted by Gasteiger charge is -2.49. The standard InChI is InChI=1S/C38H28Cl2F5N5O11/c1-46(2)30-20(49(56)57)11-15(12-21(30)50(58)59)47-33(52)17-7-6-16-18(24(17)34(47)53)13-37(39)35(54)48(31-28(44)26(42)25(41)27(43)29(31)45)36(55)38(37,40)19(16)8-5-14-9-22(60-3)32(51)23(10-14)61-4/h5-6,8-12,17-19,24,51H,7,13H2,1-4H3/t17-,18+,19-,24-,37+,38-/m0/s1. The van der Waals surface area contributed by atoms with Gasteiger partial charge in [0.15, 0.2) is 50.2 Å². The van der Waals surface area contributed by atoms with Gasteiger partial charge in [0, 0.05) is 32.1 Å². The molecule has 2 aliphatic carbocycles. The number of imide groups is 2. The molecule has 2 aliphatic heterocycles. The molecule has 2 heterocycles. The fraction of sp³-hybridized carbons (Fsp3) is 0.316. The van der Waals surface area contributed by atoms with Crippen LogP contribution in [0.25, 0.3) is 6.08 Å². The van der Waals surface area contributed by atoms with E-state index in [0.29, 0.717) is 4.90 Å². The van der Waals surface area contributed by atoms with Crippen LogP contribution in [-0.4, -0.2) is 76.6 Å². The van der Waals surface area contributed by atoms with Gasteiger partial charge in [-0.1, -0.05) is 23.8 Å². The van der Waals surface area contributed by atoms with Gasteiger partial charge in [-0.25, -0.2) is 31.8 Å². The summed E-state index contributed by atoms with van der Waals surface area (Å²) in [7, 11) is 5.04. The minimum atomic E-state index is -2.86. The third-order valence-corrected chi connectivity index (χ3v) is 12.8. The molecule has 6 atom stereocenters. The van der Waals surface area contributed by atoms with Crippen molar-refractivity contribution in [3.63, 3.8) is 0 Å². The second kappa shape index (κ2) is 14.7. The van der Waals surface area contributed by atoms with Crippen molar-refractivity contribution in [1.82, 2.24) is 0 Å². The average molecular weight is 897 g/mol. The molecule has 61 heavy (non-hydrogen) atoms. The SMILES string of the molecule is COc1cc(C=C[C@H]2C3=CC[C@@H]4C(=O)N(c5cc([N+](=O)[O-])c(N(C)C)c([N+](=O)[O-])c5)C(=O)[C@@H]4[C@@H]3C[C@@]3(Cl)C(=O)N(c4c(F)c(F)c(F)c(F)c4F)C(=O)[C@@]23Cl)cc(OC)c1O.